The average molecular weight is 807 g/mol. The number of fused-ring (bicyclic) bond motifs is 6. The second kappa shape index (κ2) is 12.1. The van der Waals surface area contributed by atoms with Crippen molar-refractivity contribution in [3.05, 3.63) is 70.9 Å². The molecule has 13 nitrogen and oxygen atoms in total. The van der Waals surface area contributed by atoms with Gasteiger partial charge in [0.25, 0.3) is 0 Å². The summed E-state index contributed by atoms with van der Waals surface area (Å²) < 4.78 is 33.1. The third-order valence-electron chi connectivity index (χ3n) is 16.6. The van der Waals surface area contributed by atoms with Crippen LogP contribution in [-0.2, 0) is 50.7 Å². The number of epoxide rings is 1. The number of carbonyl (C=O) groups is 3. The summed E-state index contributed by atoms with van der Waals surface area (Å²) in [7, 11) is 6.26. The summed E-state index contributed by atoms with van der Waals surface area (Å²) in [6.07, 6.45) is 6.13. The van der Waals surface area contributed by atoms with E-state index in [0.29, 0.717) is 43.7 Å². The predicted octanol–water partition coefficient (Wildman–Crippen LogP) is 3.99. The largest absolute Gasteiger partial charge is 0.496 e. The zero-order valence-electron chi connectivity index (χ0n) is 34.9. The molecule has 0 amide bonds. The Hall–Kier alpha value is -4.43. The molecule has 1 N–H and O–H groups in total. The molecule has 11 atom stereocenters. The van der Waals surface area contributed by atoms with E-state index < -0.39 is 46.1 Å². The van der Waals surface area contributed by atoms with Crippen LogP contribution in [-0.4, -0.2) is 127 Å². The van der Waals surface area contributed by atoms with Gasteiger partial charge in [0.1, 0.15) is 11.4 Å². The Kier molecular flexibility index (Phi) is 7.71. The summed E-state index contributed by atoms with van der Waals surface area (Å²) >= 11 is 0. The number of hydrogen-bond acceptors (Lipinski definition) is 12. The van der Waals surface area contributed by atoms with Crippen molar-refractivity contribution in [1.82, 2.24) is 14.4 Å². The van der Waals surface area contributed by atoms with Crippen LogP contribution in [0.15, 0.2) is 48.6 Å². The molecule has 3 aromatic rings. The monoisotopic (exact) mass is 806 g/mol. The average Bonchev–Trinajstić information content (AvgIpc) is 3.59. The second-order valence-electron chi connectivity index (χ2n) is 18.5. The SMILES string of the molecule is CC[C@]12CN3CCc4c5n(c6ccccc46)[C@@](C(=O)OC)(c4cc6c(cc4OC)N(C)[C@H]4[C@@](O)(C(=O)OC)[C@H](OC(C)=O)[C@]7(CC)C=CCN8CC[C@]64[C@@H]87)C[C@H]([C@@H]53)[C@H]1O2. The first-order valence-corrected chi connectivity index (χ1v) is 21.4. The molecule has 2 aromatic carbocycles. The highest BCUT2D eigenvalue weighted by atomic mass is 16.6. The van der Waals surface area contributed by atoms with Gasteiger partial charge in [-0.15, -0.1) is 0 Å². The first kappa shape index (κ1) is 37.6. The van der Waals surface area contributed by atoms with E-state index in [1.165, 1.54) is 26.7 Å². The third-order valence-corrected chi connectivity index (χ3v) is 16.6. The van der Waals surface area contributed by atoms with Crippen LogP contribution in [0.2, 0.25) is 0 Å². The Morgan fingerprint density at radius 2 is 1.75 bits per heavy atom. The molecule has 1 aromatic heterocycles. The van der Waals surface area contributed by atoms with Crippen LogP contribution in [0.5, 0.6) is 5.75 Å². The molecule has 1 spiro atoms. The highest BCUT2D eigenvalue weighted by Gasteiger charge is 2.80. The van der Waals surface area contributed by atoms with E-state index in [9.17, 15) is 14.7 Å². The van der Waals surface area contributed by atoms with Gasteiger partial charge in [-0.3, -0.25) is 14.6 Å². The second-order valence-corrected chi connectivity index (χ2v) is 18.5. The maximum absolute atomic E-state index is 15.4. The molecule has 0 radical (unpaired) electrons. The van der Waals surface area contributed by atoms with E-state index in [0.717, 1.165) is 53.8 Å². The number of piperidine rings is 1. The molecule has 8 aliphatic rings. The number of likely N-dealkylation sites (N-methyl/N-ethyl adjacent to an activating group) is 1. The topological polar surface area (TPSA) is 136 Å². The number of nitrogens with zero attached hydrogens (tertiary/aromatic N) is 4. The molecule has 0 unspecified atom stereocenters. The number of benzene rings is 2. The van der Waals surface area contributed by atoms with Crippen LogP contribution in [0, 0.1) is 11.3 Å². The summed E-state index contributed by atoms with van der Waals surface area (Å²) in [5.41, 5.74) is -0.000146. The standard InChI is InChI=1S/C46H54N4O9/c1-8-42-16-12-18-48-20-17-44(37(42)48)29-21-30(33(55-5)22-32(29)47(4)38(44)46(54,41(53)57-7)39(42)58-25(3)51)45(40(52)56-6)23-28-34-35-27(26-13-10-11-14-31(26)50(35)45)15-19-49(34)24-43(9-2)36(28)59-43/h10-14,16,21-22,28,34,36-39,54H,8-9,15,17-20,23-24H2,1-7H3/t28-,34+,36-,37+,38-,39-,42-,43+,44-,45-,46+/m1/s1. The molecule has 8 heterocycles. The molecule has 3 saturated heterocycles. The van der Waals surface area contributed by atoms with Gasteiger partial charge in [-0.2, -0.15) is 0 Å². The lowest BCUT2D eigenvalue weighted by Crippen LogP contribution is -2.81. The van der Waals surface area contributed by atoms with Gasteiger partial charge < -0.3 is 38.3 Å². The smallest absolute Gasteiger partial charge is 0.344 e. The van der Waals surface area contributed by atoms with Gasteiger partial charge in [0.2, 0.25) is 5.60 Å². The van der Waals surface area contributed by atoms with Crippen LogP contribution < -0.4 is 9.64 Å². The van der Waals surface area contributed by atoms with Crippen LogP contribution in [0.1, 0.15) is 74.9 Å². The highest BCUT2D eigenvalue weighted by molar-refractivity contribution is 5.94. The number of aliphatic hydroxyl groups is 1. The van der Waals surface area contributed by atoms with Gasteiger partial charge in [0.15, 0.2) is 11.6 Å². The summed E-state index contributed by atoms with van der Waals surface area (Å²) in [5, 5.41) is 14.5. The minimum Gasteiger partial charge on any atom is -0.496 e. The number of aromatic nitrogens is 1. The molecular weight excluding hydrogens is 753 g/mol. The third kappa shape index (κ3) is 4.14. The molecule has 59 heavy (non-hydrogen) atoms. The minimum absolute atomic E-state index is 0.00742. The maximum Gasteiger partial charge on any atom is 0.344 e. The first-order valence-electron chi connectivity index (χ1n) is 21.4. The molecule has 1 saturated carbocycles. The molecule has 312 valence electrons. The Labute approximate surface area is 344 Å². The summed E-state index contributed by atoms with van der Waals surface area (Å²) in [6, 6.07) is 11.4. The van der Waals surface area contributed by atoms with Crippen molar-refractivity contribution in [3.63, 3.8) is 0 Å². The fourth-order valence-electron chi connectivity index (χ4n) is 14.7. The Bertz CT molecular complexity index is 2400. The number of methoxy groups -OCH3 is 3. The van der Waals surface area contributed by atoms with E-state index >= 15 is 4.79 Å². The zero-order valence-corrected chi connectivity index (χ0v) is 34.9. The fourth-order valence-corrected chi connectivity index (χ4v) is 14.7. The van der Waals surface area contributed by atoms with Crippen molar-refractivity contribution in [2.75, 3.05) is 59.5 Å². The Morgan fingerprint density at radius 1 is 0.966 bits per heavy atom. The van der Waals surface area contributed by atoms with Gasteiger partial charge in [0, 0.05) is 90.3 Å². The molecule has 0 bridgehead atoms. The molecule has 11 rings (SSSR count). The summed E-state index contributed by atoms with van der Waals surface area (Å²) in [5.74, 6) is -1.34. The van der Waals surface area contributed by atoms with Crippen molar-refractivity contribution in [1.29, 1.82) is 0 Å². The lowest BCUT2D eigenvalue weighted by molar-refractivity contribution is -0.228. The number of para-hydroxylation sites is 1. The number of anilines is 1. The van der Waals surface area contributed by atoms with Crippen molar-refractivity contribution >= 4 is 34.5 Å². The van der Waals surface area contributed by atoms with E-state index in [1.807, 2.05) is 31.0 Å². The van der Waals surface area contributed by atoms with Crippen molar-refractivity contribution < 1.29 is 43.2 Å². The zero-order chi connectivity index (χ0) is 41.2. The van der Waals surface area contributed by atoms with Crippen LogP contribution in [0.3, 0.4) is 0 Å². The Morgan fingerprint density at radius 3 is 2.46 bits per heavy atom. The Balaban J connectivity index is 1.22. The van der Waals surface area contributed by atoms with Gasteiger partial charge in [-0.1, -0.05) is 44.2 Å². The summed E-state index contributed by atoms with van der Waals surface area (Å²) in [4.78, 5) is 49.8. The summed E-state index contributed by atoms with van der Waals surface area (Å²) in [6.45, 7) is 8.69. The molecule has 13 heteroatoms. The lowest BCUT2D eigenvalue weighted by Gasteiger charge is -2.63. The van der Waals surface area contributed by atoms with E-state index in [-0.39, 0.29) is 35.7 Å². The highest BCUT2D eigenvalue weighted by Crippen LogP contribution is 2.69. The minimum atomic E-state index is -2.28. The molecule has 7 aliphatic heterocycles. The predicted molar refractivity (Wildman–Crippen MR) is 216 cm³/mol. The van der Waals surface area contributed by atoms with E-state index in [2.05, 4.69) is 57.7 Å². The molecule has 1 aliphatic carbocycles. The van der Waals surface area contributed by atoms with Gasteiger partial charge in [0.05, 0.1) is 39.5 Å². The maximum atomic E-state index is 15.4. The van der Waals surface area contributed by atoms with Crippen molar-refractivity contribution in [2.45, 2.75) is 105 Å². The van der Waals surface area contributed by atoms with Crippen molar-refractivity contribution in [2.24, 2.45) is 11.3 Å². The number of esters is 3. The van der Waals surface area contributed by atoms with Gasteiger partial charge >= 0.3 is 17.9 Å². The first-order chi connectivity index (χ1) is 28.4. The van der Waals surface area contributed by atoms with E-state index in [1.54, 1.807) is 7.11 Å². The number of hydrogen-bond donors (Lipinski definition) is 1. The van der Waals surface area contributed by atoms with Crippen LogP contribution in [0.4, 0.5) is 5.69 Å². The fraction of sp³-hybridized carbons (Fsp3) is 0.587. The van der Waals surface area contributed by atoms with Crippen molar-refractivity contribution in [3.8, 4) is 5.75 Å². The normalized spacial score (nSPS) is 39.4. The van der Waals surface area contributed by atoms with Gasteiger partial charge in [-0.25, -0.2) is 9.59 Å². The van der Waals surface area contributed by atoms with Crippen LogP contribution >= 0.6 is 0 Å². The number of rotatable bonds is 7. The quantitative estimate of drug-likeness (QED) is 0.160. The molecular formula is C46H54N4O9. The number of ether oxygens (including phenoxy) is 5. The van der Waals surface area contributed by atoms with Gasteiger partial charge in [-0.05, 0) is 61.9 Å². The van der Waals surface area contributed by atoms with Crippen LogP contribution in [0.25, 0.3) is 10.9 Å². The molecule has 4 fully saturated rings. The lowest BCUT2D eigenvalue weighted by atomic mass is 9.47. The van der Waals surface area contributed by atoms with E-state index in [4.69, 9.17) is 23.7 Å². The number of carbonyl (C=O) groups excluding carboxylic acids is 3.